The number of aromatic nitrogens is 2. The Morgan fingerprint density at radius 2 is 2.07 bits per heavy atom. The van der Waals surface area contributed by atoms with Crippen molar-refractivity contribution >= 4 is 10.9 Å². The van der Waals surface area contributed by atoms with Gasteiger partial charge in [0.25, 0.3) is 0 Å². The molecule has 0 radical (unpaired) electrons. The average molecular weight is 202 g/mol. The highest BCUT2D eigenvalue weighted by molar-refractivity contribution is 5.82. The molecule has 1 aromatic heterocycles. The van der Waals surface area contributed by atoms with Crippen molar-refractivity contribution in [3.63, 3.8) is 0 Å². The van der Waals surface area contributed by atoms with E-state index < -0.39 is 0 Å². The van der Waals surface area contributed by atoms with Crippen LogP contribution in [0.5, 0.6) is 0 Å². The third-order valence-electron chi connectivity index (χ3n) is 2.93. The molecule has 80 valence electrons. The minimum absolute atomic E-state index is 0.579. The molecule has 2 aromatic rings. The quantitative estimate of drug-likeness (QED) is 0.729. The highest BCUT2D eigenvalue weighted by Crippen LogP contribution is 2.23. The summed E-state index contributed by atoms with van der Waals surface area (Å²) >= 11 is 0. The zero-order chi connectivity index (χ0) is 11.0. The summed E-state index contributed by atoms with van der Waals surface area (Å²) in [4.78, 5) is 0. The molecule has 0 unspecified atom stereocenters. The normalized spacial score (nSPS) is 11.5. The first-order valence-electron chi connectivity index (χ1n) is 5.60. The van der Waals surface area contributed by atoms with E-state index >= 15 is 0 Å². The van der Waals surface area contributed by atoms with Crippen LogP contribution in [0.3, 0.4) is 0 Å². The fourth-order valence-electron chi connectivity index (χ4n) is 1.96. The summed E-state index contributed by atoms with van der Waals surface area (Å²) in [7, 11) is 0. The average Bonchev–Trinajstić information content (AvgIpc) is 2.55. The van der Waals surface area contributed by atoms with Gasteiger partial charge in [-0.05, 0) is 31.4 Å². The van der Waals surface area contributed by atoms with Gasteiger partial charge in [0.2, 0.25) is 0 Å². The SMILES string of the molecule is CCn1nc(C)c2ccc(C(C)C)cc21. The van der Waals surface area contributed by atoms with Gasteiger partial charge in [0.15, 0.2) is 0 Å². The van der Waals surface area contributed by atoms with Crippen molar-refractivity contribution in [2.75, 3.05) is 0 Å². The van der Waals surface area contributed by atoms with Crippen molar-refractivity contribution in [1.82, 2.24) is 9.78 Å². The Morgan fingerprint density at radius 3 is 2.67 bits per heavy atom. The maximum Gasteiger partial charge on any atom is 0.0687 e. The second kappa shape index (κ2) is 3.69. The molecule has 0 atom stereocenters. The summed E-state index contributed by atoms with van der Waals surface area (Å²) < 4.78 is 2.08. The minimum atomic E-state index is 0.579. The maximum absolute atomic E-state index is 4.53. The van der Waals surface area contributed by atoms with Gasteiger partial charge in [0.05, 0.1) is 11.2 Å². The highest BCUT2D eigenvalue weighted by Gasteiger charge is 2.07. The van der Waals surface area contributed by atoms with Crippen LogP contribution < -0.4 is 0 Å². The van der Waals surface area contributed by atoms with Gasteiger partial charge in [0, 0.05) is 11.9 Å². The lowest BCUT2D eigenvalue weighted by Gasteiger charge is -2.06. The lowest BCUT2D eigenvalue weighted by atomic mass is 10.0. The van der Waals surface area contributed by atoms with Crippen LogP contribution in [-0.2, 0) is 6.54 Å². The summed E-state index contributed by atoms with van der Waals surface area (Å²) in [6.07, 6.45) is 0. The number of hydrogen-bond acceptors (Lipinski definition) is 1. The number of hydrogen-bond donors (Lipinski definition) is 0. The van der Waals surface area contributed by atoms with Crippen molar-refractivity contribution in [3.05, 3.63) is 29.5 Å². The second-order valence-electron chi connectivity index (χ2n) is 4.33. The third kappa shape index (κ3) is 1.65. The largest absolute Gasteiger partial charge is 0.265 e. The van der Waals surface area contributed by atoms with Crippen LogP contribution in [0.2, 0.25) is 0 Å². The minimum Gasteiger partial charge on any atom is -0.265 e. The van der Waals surface area contributed by atoms with Gasteiger partial charge in [0.1, 0.15) is 0 Å². The molecule has 1 aromatic carbocycles. The molecular formula is C13H18N2. The molecule has 0 amide bonds. The zero-order valence-electron chi connectivity index (χ0n) is 9.91. The van der Waals surface area contributed by atoms with Crippen molar-refractivity contribution in [3.8, 4) is 0 Å². The predicted molar refractivity (Wildman–Crippen MR) is 64.2 cm³/mol. The summed E-state index contributed by atoms with van der Waals surface area (Å²) in [5, 5.41) is 5.80. The fourth-order valence-corrected chi connectivity index (χ4v) is 1.96. The van der Waals surface area contributed by atoms with Gasteiger partial charge in [-0.25, -0.2) is 0 Å². The molecule has 1 heterocycles. The third-order valence-corrected chi connectivity index (χ3v) is 2.93. The Balaban J connectivity index is 2.68. The van der Waals surface area contributed by atoms with Crippen molar-refractivity contribution in [2.45, 2.75) is 40.2 Å². The van der Waals surface area contributed by atoms with Gasteiger partial charge in [-0.2, -0.15) is 5.10 Å². The van der Waals surface area contributed by atoms with Crippen LogP contribution in [0.15, 0.2) is 18.2 Å². The molecule has 0 aliphatic carbocycles. The lowest BCUT2D eigenvalue weighted by Crippen LogP contribution is -1.96. The van der Waals surface area contributed by atoms with Crippen LogP contribution in [0.25, 0.3) is 10.9 Å². The molecule has 15 heavy (non-hydrogen) atoms. The van der Waals surface area contributed by atoms with E-state index in [1.54, 1.807) is 0 Å². The second-order valence-corrected chi connectivity index (χ2v) is 4.33. The van der Waals surface area contributed by atoms with E-state index in [-0.39, 0.29) is 0 Å². The molecule has 2 rings (SSSR count). The molecule has 0 saturated carbocycles. The number of fused-ring (bicyclic) bond motifs is 1. The van der Waals surface area contributed by atoms with Crippen LogP contribution >= 0.6 is 0 Å². The number of aryl methyl sites for hydroxylation is 2. The van der Waals surface area contributed by atoms with Crippen molar-refractivity contribution in [1.29, 1.82) is 0 Å². The van der Waals surface area contributed by atoms with E-state index in [4.69, 9.17) is 0 Å². The zero-order valence-corrected chi connectivity index (χ0v) is 9.91. The van der Waals surface area contributed by atoms with Gasteiger partial charge < -0.3 is 0 Å². The molecule has 0 aliphatic heterocycles. The Morgan fingerprint density at radius 1 is 1.33 bits per heavy atom. The molecule has 0 N–H and O–H groups in total. The van der Waals surface area contributed by atoms with E-state index in [9.17, 15) is 0 Å². The summed E-state index contributed by atoms with van der Waals surface area (Å²) in [6.45, 7) is 9.59. The summed E-state index contributed by atoms with van der Waals surface area (Å²) in [5.74, 6) is 0.579. The van der Waals surface area contributed by atoms with Gasteiger partial charge in [-0.1, -0.05) is 26.0 Å². The first-order chi connectivity index (χ1) is 7.13. The predicted octanol–water partition coefficient (Wildman–Crippen LogP) is 3.49. The van der Waals surface area contributed by atoms with E-state index in [0.717, 1.165) is 12.2 Å². The molecule has 0 aliphatic rings. The molecule has 0 bridgehead atoms. The van der Waals surface area contributed by atoms with Crippen LogP contribution in [0.4, 0.5) is 0 Å². The van der Waals surface area contributed by atoms with Crippen LogP contribution in [-0.4, -0.2) is 9.78 Å². The summed E-state index contributed by atoms with van der Waals surface area (Å²) in [6, 6.07) is 6.67. The Hall–Kier alpha value is -1.31. The first-order valence-corrected chi connectivity index (χ1v) is 5.60. The summed E-state index contributed by atoms with van der Waals surface area (Å²) in [5.41, 5.74) is 3.78. The molecule has 0 saturated heterocycles. The molecule has 0 fully saturated rings. The van der Waals surface area contributed by atoms with Crippen LogP contribution in [0, 0.1) is 6.92 Å². The monoisotopic (exact) mass is 202 g/mol. The number of rotatable bonds is 2. The van der Waals surface area contributed by atoms with Gasteiger partial charge >= 0.3 is 0 Å². The van der Waals surface area contributed by atoms with E-state index in [1.165, 1.54) is 16.5 Å². The number of benzene rings is 1. The maximum atomic E-state index is 4.53. The molecule has 2 nitrogen and oxygen atoms in total. The Kier molecular flexibility index (Phi) is 2.51. The van der Waals surface area contributed by atoms with Gasteiger partial charge in [-0.15, -0.1) is 0 Å². The van der Waals surface area contributed by atoms with E-state index in [1.807, 2.05) is 0 Å². The fraction of sp³-hybridized carbons (Fsp3) is 0.462. The van der Waals surface area contributed by atoms with E-state index in [2.05, 4.69) is 55.7 Å². The molecule has 2 heteroatoms. The number of nitrogens with zero attached hydrogens (tertiary/aromatic N) is 2. The molecule has 0 spiro atoms. The topological polar surface area (TPSA) is 17.8 Å². The highest BCUT2D eigenvalue weighted by atomic mass is 15.3. The van der Waals surface area contributed by atoms with Gasteiger partial charge in [-0.3, -0.25) is 4.68 Å². The smallest absolute Gasteiger partial charge is 0.0687 e. The Labute approximate surface area is 90.9 Å². The first kappa shape index (κ1) is 10.2. The van der Waals surface area contributed by atoms with Crippen molar-refractivity contribution < 1.29 is 0 Å². The van der Waals surface area contributed by atoms with Crippen LogP contribution in [0.1, 0.15) is 37.9 Å². The van der Waals surface area contributed by atoms with Crippen molar-refractivity contribution in [2.24, 2.45) is 0 Å². The van der Waals surface area contributed by atoms with E-state index in [0.29, 0.717) is 5.92 Å². The standard InChI is InChI=1S/C13H18N2/c1-5-15-13-8-11(9(2)3)6-7-12(13)10(4)14-15/h6-9H,5H2,1-4H3. The Bertz CT molecular complexity index is 480. The lowest BCUT2D eigenvalue weighted by molar-refractivity contribution is 0.675. The molecular weight excluding hydrogens is 184 g/mol.